The van der Waals surface area contributed by atoms with Gasteiger partial charge >= 0.3 is 0 Å². The maximum Gasteiger partial charge on any atom is 0.226 e. The zero-order chi connectivity index (χ0) is 15.2. The molecule has 1 aromatic carbocycles. The minimum Gasteiger partial charge on any atom is -0.338 e. The van der Waals surface area contributed by atoms with Crippen molar-refractivity contribution in [3.8, 4) is 0 Å². The van der Waals surface area contributed by atoms with Gasteiger partial charge in [0.25, 0.3) is 0 Å². The van der Waals surface area contributed by atoms with Crippen molar-refractivity contribution < 1.29 is 4.79 Å². The predicted molar refractivity (Wildman–Crippen MR) is 96.5 cm³/mol. The average Bonchev–Trinajstić information content (AvgIpc) is 2.52. The molecule has 1 aliphatic heterocycles. The van der Waals surface area contributed by atoms with Gasteiger partial charge in [-0.25, -0.2) is 0 Å². The van der Waals surface area contributed by atoms with Crippen molar-refractivity contribution >= 4 is 30.1 Å². The summed E-state index contributed by atoms with van der Waals surface area (Å²) in [6.07, 6.45) is 2.14. The lowest BCUT2D eigenvalue weighted by atomic mass is 9.91. The zero-order valence-corrected chi connectivity index (χ0v) is 15.0. The van der Waals surface area contributed by atoms with Crippen LogP contribution in [-0.2, 0) is 4.79 Å². The number of likely N-dealkylation sites (tertiary alicyclic amines) is 1. The summed E-state index contributed by atoms with van der Waals surface area (Å²) < 4.78 is 0. The molecular weight excluding hydrogens is 316 g/mol. The van der Waals surface area contributed by atoms with Crippen LogP contribution in [0.15, 0.2) is 35.2 Å². The van der Waals surface area contributed by atoms with E-state index in [1.807, 2.05) is 30.0 Å². The Morgan fingerprint density at radius 1 is 1.41 bits per heavy atom. The van der Waals surface area contributed by atoms with Gasteiger partial charge in [-0.05, 0) is 30.9 Å². The van der Waals surface area contributed by atoms with Crippen LogP contribution in [0, 0.1) is 11.8 Å². The molecule has 0 saturated carbocycles. The molecular formula is C17H27ClN2OS. The molecule has 1 aromatic rings. The van der Waals surface area contributed by atoms with Crippen LogP contribution in [0.5, 0.6) is 0 Å². The van der Waals surface area contributed by atoms with E-state index < -0.39 is 0 Å². The third kappa shape index (κ3) is 5.18. The Morgan fingerprint density at radius 3 is 2.73 bits per heavy atom. The van der Waals surface area contributed by atoms with E-state index in [1.165, 1.54) is 4.90 Å². The first-order valence-electron chi connectivity index (χ1n) is 7.80. The highest BCUT2D eigenvalue weighted by Crippen LogP contribution is 2.26. The summed E-state index contributed by atoms with van der Waals surface area (Å²) in [5.74, 6) is 1.81. The van der Waals surface area contributed by atoms with Gasteiger partial charge in [0.2, 0.25) is 5.91 Å². The molecule has 0 spiro atoms. The van der Waals surface area contributed by atoms with Crippen molar-refractivity contribution in [3.05, 3.63) is 30.3 Å². The summed E-state index contributed by atoms with van der Waals surface area (Å²) in [5.41, 5.74) is 5.86. The van der Waals surface area contributed by atoms with Crippen molar-refractivity contribution in [1.29, 1.82) is 0 Å². The topological polar surface area (TPSA) is 46.3 Å². The van der Waals surface area contributed by atoms with E-state index in [9.17, 15) is 4.79 Å². The van der Waals surface area contributed by atoms with E-state index in [-0.39, 0.29) is 30.3 Å². The normalized spacial score (nSPS) is 22.8. The second-order valence-corrected chi connectivity index (χ2v) is 7.17. The average molecular weight is 343 g/mol. The van der Waals surface area contributed by atoms with Crippen molar-refractivity contribution in [2.75, 3.05) is 18.8 Å². The molecule has 1 heterocycles. The van der Waals surface area contributed by atoms with Crippen molar-refractivity contribution in [3.63, 3.8) is 0 Å². The maximum atomic E-state index is 12.7. The molecule has 3 unspecified atom stereocenters. The van der Waals surface area contributed by atoms with Crippen molar-refractivity contribution in [2.45, 2.75) is 37.6 Å². The third-order valence-corrected chi connectivity index (χ3v) is 5.47. The van der Waals surface area contributed by atoms with Crippen LogP contribution in [0.25, 0.3) is 0 Å². The summed E-state index contributed by atoms with van der Waals surface area (Å²) in [5, 5.41) is 0. The molecule has 0 radical (unpaired) electrons. The number of halogens is 1. The second kappa shape index (κ2) is 9.43. The van der Waals surface area contributed by atoms with Gasteiger partial charge < -0.3 is 10.6 Å². The number of rotatable bonds is 5. The molecule has 2 rings (SSSR count). The van der Waals surface area contributed by atoms with Gasteiger partial charge in [0.05, 0.1) is 0 Å². The summed E-state index contributed by atoms with van der Waals surface area (Å²) in [7, 11) is 0. The lowest BCUT2D eigenvalue weighted by molar-refractivity contribution is -0.138. The van der Waals surface area contributed by atoms with Gasteiger partial charge in [-0.15, -0.1) is 24.2 Å². The Morgan fingerprint density at radius 2 is 2.09 bits per heavy atom. The number of thioether (sulfide) groups is 1. The molecule has 3 atom stereocenters. The molecule has 0 bridgehead atoms. The number of nitrogens with zero attached hydrogens (tertiary/aromatic N) is 1. The van der Waals surface area contributed by atoms with Crippen LogP contribution < -0.4 is 5.73 Å². The lowest BCUT2D eigenvalue weighted by Gasteiger charge is -2.39. The van der Waals surface area contributed by atoms with Crippen LogP contribution >= 0.6 is 24.2 Å². The Hall–Kier alpha value is -0.710. The number of hydrogen-bond donors (Lipinski definition) is 1. The first kappa shape index (κ1) is 19.3. The van der Waals surface area contributed by atoms with E-state index in [2.05, 4.69) is 19.1 Å². The summed E-state index contributed by atoms with van der Waals surface area (Å²) in [6.45, 7) is 5.72. The summed E-state index contributed by atoms with van der Waals surface area (Å²) >= 11 is 1.75. The number of nitrogens with two attached hydrogens (primary N) is 1. The molecule has 2 N–H and O–H groups in total. The van der Waals surface area contributed by atoms with Gasteiger partial charge in [-0.2, -0.15) is 0 Å². The fourth-order valence-electron chi connectivity index (χ4n) is 2.86. The van der Waals surface area contributed by atoms with E-state index in [4.69, 9.17) is 5.73 Å². The highest BCUT2D eigenvalue weighted by atomic mass is 35.5. The highest BCUT2D eigenvalue weighted by Gasteiger charge is 2.31. The molecule has 1 saturated heterocycles. The fraction of sp³-hybridized carbons (Fsp3) is 0.588. The van der Waals surface area contributed by atoms with E-state index in [0.717, 1.165) is 25.1 Å². The van der Waals surface area contributed by atoms with Crippen molar-refractivity contribution in [2.24, 2.45) is 17.6 Å². The van der Waals surface area contributed by atoms with Crippen molar-refractivity contribution in [1.82, 2.24) is 4.90 Å². The van der Waals surface area contributed by atoms with E-state index in [0.29, 0.717) is 12.5 Å². The third-order valence-electron chi connectivity index (χ3n) is 4.20. The van der Waals surface area contributed by atoms with Gasteiger partial charge in [0.15, 0.2) is 0 Å². The van der Waals surface area contributed by atoms with Gasteiger partial charge in [0, 0.05) is 35.7 Å². The number of benzene rings is 1. The quantitative estimate of drug-likeness (QED) is 0.834. The van der Waals surface area contributed by atoms with Gasteiger partial charge in [-0.3, -0.25) is 4.79 Å². The zero-order valence-electron chi connectivity index (χ0n) is 13.4. The smallest absolute Gasteiger partial charge is 0.226 e. The first-order valence-corrected chi connectivity index (χ1v) is 8.78. The molecule has 3 nitrogen and oxygen atoms in total. The van der Waals surface area contributed by atoms with E-state index >= 15 is 0 Å². The first-order chi connectivity index (χ1) is 10.1. The SMILES string of the molecule is CC1CCN(C(=O)C(C)CSc2ccccc2)C(CN)C1.Cl. The molecule has 124 valence electrons. The van der Waals surface area contributed by atoms with Crippen LogP contribution in [0.1, 0.15) is 26.7 Å². The van der Waals surface area contributed by atoms with Crippen LogP contribution in [0.4, 0.5) is 0 Å². The Kier molecular flexibility index (Phi) is 8.29. The Bertz CT molecular complexity index is 457. The predicted octanol–water partition coefficient (Wildman–Crippen LogP) is 3.42. The monoisotopic (exact) mass is 342 g/mol. The summed E-state index contributed by atoms with van der Waals surface area (Å²) in [4.78, 5) is 15.9. The molecule has 1 aliphatic rings. The highest BCUT2D eigenvalue weighted by molar-refractivity contribution is 7.99. The summed E-state index contributed by atoms with van der Waals surface area (Å²) in [6, 6.07) is 10.5. The molecule has 0 aromatic heterocycles. The van der Waals surface area contributed by atoms with Crippen LogP contribution in [0.3, 0.4) is 0 Å². The number of piperidine rings is 1. The second-order valence-electron chi connectivity index (χ2n) is 6.08. The molecule has 22 heavy (non-hydrogen) atoms. The van der Waals surface area contributed by atoms with Crippen LogP contribution in [0.2, 0.25) is 0 Å². The van der Waals surface area contributed by atoms with Gasteiger partial charge in [-0.1, -0.05) is 32.0 Å². The molecule has 5 heteroatoms. The number of amides is 1. The van der Waals surface area contributed by atoms with Crippen LogP contribution in [-0.4, -0.2) is 35.7 Å². The Labute approximate surface area is 144 Å². The molecule has 0 aliphatic carbocycles. The fourth-order valence-corrected chi connectivity index (χ4v) is 3.79. The lowest BCUT2D eigenvalue weighted by Crippen LogP contribution is -2.51. The molecule has 1 fully saturated rings. The number of carbonyl (C=O) groups is 1. The van der Waals surface area contributed by atoms with Gasteiger partial charge in [0.1, 0.15) is 0 Å². The standard InChI is InChI=1S/C17H26N2OS.ClH/c1-13-8-9-19(15(10-13)11-18)17(20)14(2)12-21-16-6-4-3-5-7-16;/h3-7,13-15H,8-12,18H2,1-2H3;1H. The molecule has 1 amide bonds. The maximum absolute atomic E-state index is 12.7. The number of hydrogen-bond acceptors (Lipinski definition) is 3. The minimum absolute atomic E-state index is 0. The minimum atomic E-state index is 0. The Balaban J connectivity index is 0.00000242. The van der Waals surface area contributed by atoms with E-state index in [1.54, 1.807) is 11.8 Å². The largest absolute Gasteiger partial charge is 0.338 e. The number of carbonyl (C=O) groups excluding carboxylic acids is 1.